The van der Waals surface area contributed by atoms with Crippen LogP contribution in [0.1, 0.15) is 66.2 Å². The Hall–Kier alpha value is -0.0400. The molecule has 0 radical (unpaired) electrons. The molecule has 4 atom stereocenters. The van der Waals surface area contributed by atoms with Crippen molar-refractivity contribution in [3.05, 3.63) is 0 Å². The predicted octanol–water partition coefficient (Wildman–Crippen LogP) is 4.46. The molecule has 2 fully saturated rings. The van der Waals surface area contributed by atoms with Crippen LogP contribution in [0.3, 0.4) is 0 Å². The molecule has 2 aliphatic rings. The van der Waals surface area contributed by atoms with Crippen molar-refractivity contribution in [1.82, 2.24) is 0 Å². The fraction of sp³-hybridized carbons (Fsp3) is 1.00. The summed E-state index contributed by atoms with van der Waals surface area (Å²) in [6, 6.07) is 0.473. The van der Waals surface area contributed by atoms with Crippen LogP contribution in [-0.4, -0.2) is 6.04 Å². The van der Waals surface area contributed by atoms with Gasteiger partial charge in [-0.3, -0.25) is 0 Å². The molecule has 106 valence electrons. The van der Waals surface area contributed by atoms with Crippen molar-refractivity contribution >= 4 is 0 Å². The Morgan fingerprint density at radius 3 is 1.17 bits per heavy atom. The Kier molecular flexibility index (Phi) is 4.75. The van der Waals surface area contributed by atoms with E-state index in [0.29, 0.717) is 6.04 Å². The van der Waals surface area contributed by atoms with Gasteiger partial charge in [0, 0.05) is 6.04 Å². The van der Waals surface area contributed by atoms with Crippen LogP contribution in [0, 0.1) is 35.5 Å². The maximum absolute atomic E-state index is 6.67. The zero-order valence-corrected chi connectivity index (χ0v) is 12.9. The quantitative estimate of drug-likeness (QED) is 0.770. The molecule has 0 heterocycles. The molecule has 2 rings (SSSR count). The van der Waals surface area contributed by atoms with Gasteiger partial charge in [-0.15, -0.1) is 0 Å². The number of rotatable bonds is 2. The van der Waals surface area contributed by atoms with E-state index in [1.165, 1.54) is 38.5 Å². The maximum Gasteiger partial charge on any atom is 0.00960 e. The molecule has 18 heavy (non-hydrogen) atoms. The Balaban J connectivity index is 1.95. The highest BCUT2D eigenvalue weighted by atomic mass is 14.7. The second-order valence-corrected chi connectivity index (χ2v) is 7.93. The summed E-state index contributed by atoms with van der Waals surface area (Å²) >= 11 is 0. The Morgan fingerprint density at radius 2 is 0.889 bits per heavy atom. The van der Waals surface area contributed by atoms with Gasteiger partial charge in [0.1, 0.15) is 0 Å². The van der Waals surface area contributed by atoms with Gasteiger partial charge in [-0.25, -0.2) is 0 Å². The van der Waals surface area contributed by atoms with Crippen molar-refractivity contribution < 1.29 is 0 Å². The number of nitrogens with two attached hydrogens (primary N) is 1. The first-order chi connectivity index (χ1) is 8.45. The second kappa shape index (κ2) is 5.94. The van der Waals surface area contributed by atoms with Gasteiger partial charge in [0.25, 0.3) is 0 Å². The molecule has 0 aromatic rings. The topological polar surface area (TPSA) is 26.0 Å². The molecular formula is C17H33N. The SMILES string of the molecule is CC1CC(C)CC(C(N)C2CC(C)CC(C)C2)C1. The molecule has 0 bridgehead atoms. The van der Waals surface area contributed by atoms with Gasteiger partial charge in [-0.05, 0) is 74.0 Å². The Labute approximate surface area is 114 Å². The summed E-state index contributed by atoms with van der Waals surface area (Å²) in [4.78, 5) is 0. The van der Waals surface area contributed by atoms with Crippen molar-refractivity contribution in [3.63, 3.8) is 0 Å². The third-order valence-electron chi connectivity index (χ3n) is 5.52. The molecule has 0 aromatic heterocycles. The van der Waals surface area contributed by atoms with E-state index in [2.05, 4.69) is 27.7 Å². The summed E-state index contributed by atoms with van der Waals surface area (Å²) in [5, 5.41) is 0. The minimum atomic E-state index is 0.473. The molecule has 0 spiro atoms. The molecule has 0 amide bonds. The van der Waals surface area contributed by atoms with Gasteiger partial charge in [0.15, 0.2) is 0 Å². The van der Waals surface area contributed by atoms with Crippen LogP contribution in [0.25, 0.3) is 0 Å². The van der Waals surface area contributed by atoms with Gasteiger partial charge < -0.3 is 5.73 Å². The van der Waals surface area contributed by atoms with Gasteiger partial charge in [0.05, 0.1) is 0 Å². The van der Waals surface area contributed by atoms with Gasteiger partial charge >= 0.3 is 0 Å². The molecule has 0 aliphatic heterocycles. The molecule has 2 saturated carbocycles. The first-order valence-electron chi connectivity index (χ1n) is 8.21. The smallest absolute Gasteiger partial charge is 0.00960 e. The van der Waals surface area contributed by atoms with Gasteiger partial charge in [0.2, 0.25) is 0 Å². The third kappa shape index (κ3) is 3.50. The molecular weight excluding hydrogens is 218 g/mol. The van der Waals surface area contributed by atoms with Crippen molar-refractivity contribution in [2.45, 2.75) is 72.3 Å². The summed E-state index contributed by atoms with van der Waals surface area (Å²) < 4.78 is 0. The van der Waals surface area contributed by atoms with E-state index >= 15 is 0 Å². The zero-order valence-electron chi connectivity index (χ0n) is 12.9. The normalized spacial score (nSPS) is 47.8. The second-order valence-electron chi connectivity index (χ2n) is 7.93. The van der Waals surface area contributed by atoms with Crippen molar-refractivity contribution in [2.75, 3.05) is 0 Å². The lowest BCUT2D eigenvalue weighted by Gasteiger charge is -2.42. The minimum Gasteiger partial charge on any atom is -0.327 e. The fourth-order valence-corrected chi connectivity index (χ4v) is 5.03. The van der Waals surface area contributed by atoms with E-state index in [1.54, 1.807) is 0 Å². The lowest BCUT2D eigenvalue weighted by Crippen LogP contribution is -2.43. The van der Waals surface area contributed by atoms with E-state index in [1.807, 2.05) is 0 Å². The van der Waals surface area contributed by atoms with Crippen LogP contribution in [0.15, 0.2) is 0 Å². The van der Waals surface area contributed by atoms with Gasteiger partial charge in [-0.1, -0.05) is 27.7 Å². The van der Waals surface area contributed by atoms with E-state index in [-0.39, 0.29) is 0 Å². The van der Waals surface area contributed by atoms with E-state index in [4.69, 9.17) is 5.73 Å². The number of hydrogen-bond donors (Lipinski definition) is 1. The van der Waals surface area contributed by atoms with Crippen LogP contribution in [0.4, 0.5) is 0 Å². The predicted molar refractivity (Wildman–Crippen MR) is 79.3 cm³/mol. The molecule has 2 aliphatic carbocycles. The molecule has 1 heteroatoms. The Morgan fingerprint density at radius 1 is 0.611 bits per heavy atom. The molecule has 2 N–H and O–H groups in total. The molecule has 4 unspecified atom stereocenters. The summed E-state index contributed by atoms with van der Waals surface area (Å²) in [7, 11) is 0. The summed E-state index contributed by atoms with van der Waals surface area (Å²) in [5.41, 5.74) is 6.67. The minimum absolute atomic E-state index is 0.473. The fourth-order valence-electron chi connectivity index (χ4n) is 5.03. The van der Waals surface area contributed by atoms with E-state index in [9.17, 15) is 0 Å². The highest BCUT2D eigenvalue weighted by Crippen LogP contribution is 2.41. The van der Waals surface area contributed by atoms with E-state index in [0.717, 1.165) is 35.5 Å². The maximum atomic E-state index is 6.67. The molecule has 0 aromatic carbocycles. The molecule has 1 nitrogen and oxygen atoms in total. The Bertz CT molecular complexity index is 216. The van der Waals surface area contributed by atoms with Crippen LogP contribution in [-0.2, 0) is 0 Å². The first kappa shape index (κ1) is 14.4. The largest absolute Gasteiger partial charge is 0.327 e. The monoisotopic (exact) mass is 251 g/mol. The van der Waals surface area contributed by atoms with Crippen LogP contribution >= 0.6 is 0 Å². The zero-order chi connectivity index (χ0) is 13.3. The standard InChI is InChI=1S/C17H33N/c1-11-5-12(2)8-15(7-11)17(18)16-9-13(3)6-14(4)10-16/h11-17H,5-10,18H2,1-4H3. The lowest BCUT2D eigenvalue weighted by atomic mass is 9.66. The average molecular weight is 251 g/mol. The first-order valence-corrected chi connectivity index (χ1v) is 8.21. The number of hydrogen-bond acceptors (Lipinski definition) is 1. The summed E-state index contributed by atoms with van der Waals surface area (Å²) in [5.74, 6) is 5.16. The van der Waals surface area contributed by atoms with Crippen LogP contribution < -0.4 is 5.73 Å². The van der Waals surface area contributed by atoms with Crippen molar-refractivity contribution in [1.29, 1.82) is 0 Å². The summed E-state index contributed by atoms with van der Waals surface area (Å²) in [6.07, 6.45) is 8.35. The highest BCUT2D eigenvalue weighted by molar-refractivity contribution is 4.89. The van der Waals surface area contributed by atoms with Crippen molar-refractivity contribution in [3.8, 4) is 0 Å². The summed E-state index contributed by atoms with van der Waals surface area (Å²) in [6.45, 7) is 9.67. The third-order valence-corrected chi connectivity index (χ3v) is 5.52. The lowest BCUT2D eigenvalue weighted by molar-refractivity contribution is 0.118. The van der Waals surface area contributed by atoms with E-state index < -0.39 is 0 Å². The average Bonchev–Trinajstić information content (AvgIpc) is 2.25. The highest BCUT2D eigenvalue weighted by Gasteiger charge is 2.35. The molecule has 0 saturated heterocycles. The van der Waals surface area contributed by atoms with Gasteiger partial charge in [-0.2, -0.15) is 0 Å². The van der Waals surface area contributed by atoms with Crippen LogP contribution in [0.2, 0.25) is 0 Å². The van der Waals surface area contributed by atoms with Crippen LogP contribution in [0.5, 0.6) is 0 Å². The van der Waals surface area contributed by atoms with Crippen molar-refractivity contribution in [2.24, 2.45) is 41.2 Å².